The number of nitrogens with zero attached hydrogens (tertiary/aromatic N) is 2. The molecule has 0 unspecified atom stereocenters. The summed E-state index contributed by atoms with van der Waals surface area (Å²) in [5, 5.41) is 13.3. The van der Waals surface area contributed by atoms with Crippen LogP contribution in [0.2, 0.25) is 0 Å². The number of benzene rings is 3. The third-order valence-corrected chi connectivity index (χ3v) is 7.25. The molecule has 0 radical (unpaired) electrons. The monoisotopic (exact) mass is 473 g/mol. The standard InChI is InChI=1S/C27H27N3O3S/c1-33-23-12-11-21(18-7-3-2-4-8-18)25-24(23)28-27(34-25)29-26(32)22-10-6-5-9-19(22)17-30-15-13-20(31)14-16-30/h2-12,20,31H,13-17H2,1H3,(H,28,29,32). The maximum absolute atomic E-state index is 13.3. The first-order valence-electron chi connectivity index (χ1n) is 11.4. The Hall–Kier alpha value is -3.26. The number of thiazole rings is 1. The molecule has 1 aromatic heterocycles. The van der Waals surface area contributed by atoms with E-state index < -0.39 is 0 Å². The molecule has 3 aromatic carbocycles. The lowest BCUT2D eigenvalue weighted by atomic mass is 10.0. The van der Waals surface area contributed by atoms with E-state index in [9.17, 15) is 9.90 Å². The van der Waals surface area contributed by atoms with Gasteiger partial charge in [0.15, 0.2) is 5.13 Å². The van der Waals surface area contributed by atoms with Crippen molar-refractivity contribution in [2.45, 2.75) is 25.5 Å². The zero-order valence-electron chi connectivity index (χ0n) is 19.0. The topological polar surface area (TPSA) is 74.7 Å². The Kier molecular flexibility index (Phi) is 6.58. The van der Waals surface area contributed by atoms with Gasteiger partial charge in [0.2, 0.25) is 0 Å². The number of nitrogens with one attached hydrogen (secondary N) is 1. The molecule has 1 aliphatic rings. The number of anilines is 1. The zero-order chi connectivity index (χ0) is 23.5. The van der Waals surface area contributed by atoms with E-state index in [2.05, 4.69) is 22.3 Å². The number of carbonyl (C=O) groups excluding carboxylic acids is 1. The highest BCUT2D eigenvalue weighted by Crippen LogP contribution is 2.39. The number of likely N-dealkylation sites (tertiary alicyclic amines) is 1. The Morgan fingerprint density at radius 1 is 1.09 bits per heavy atom. The number of aliphatic hydroxyl groups excluding tert-OH is 1. The van der Waals surface area contributed by atoms with Gasteiger partial charge in [0.25, 0.3) is 5.91 Å². The Bertz CT molecular complexity index is 1300. The lowest BCUT2D eigenvalue weighted by Gasteiger charge is -2.29. The number of methoxy groups -OCH3 is 1. The Morgan fingerprint density at radius 3 is 2.59 bits per heavy atom. The van der Waals surface area contributed by atoms with Gasteiger partial charge < -0.3 is 9.84 Å². The molecule has 0 saturated carbocycles. The number of rotatable bonds is 6. The first kappa shape index (κ1) is 22.5. The lowest BCUT2D eigenvalue weighted by molar-refractivity contribution is 0.0788. The fourth-order valence-corrected chi connectivity index (χ4v) is 5.42. The van der Waals surface area contributed by atoms with Crippen molar-refractivity contribution in [1.82, 2.24) is 9.88 Å². The van der Waals surface area contributed by atoms with Crippen LogP contribution in [0.5, 0.6) is 5.75 Å². The van der Waals surface area contributed by atoms with E-state index in [4.69, 9.17) is 9.72 Å². The predicted octanol–water partition coefficient (Wildman–Crippen LogP) is 5.18. The van der Waals surface area contributed by atoms with Gasteiger partial charge in [-0.05, 0) is 42.2 Å². The molecule has 7 heteroatoms. The van der Waals surface area contributed by atoms with Gasteiger partial charge in [0.05, 0.1) is 17.9 Å². The van der Waals surface area contributed by atoms with E-state index in [0.717, 1.165) is 52.8 Å². The molecule has 6 nitrogen and oxygen atoms in total. The molecule has 5 rings (SSSR count). The number of hydrogen-bond acceptors (Lipinski definition) is 6. The number of amides is 1. The summed E-state index contributed by atoms with van der Waals surface area (Å²) in [6.45, 7) is 2.34. The van der Waals surface area contributed by atoms with Crippen molar-refractivity contribution in [3.8, 4) is 16.9 Å². The third-order valence-electron chi connectivity index (χ3n) is 6.24. The SMILES string of the molecule is COc1ccc(-c2ccccc2)c2sc(NC(=O)c3ccccc3CN3CCC(O)CC3)nc12. The smallest absolute Gasteiger partial charge is 0.257 e. The molecule has 1 amide bonds. The summed E-state index contributed by atoms with van der Waals surface area (Å²) < 4.78 is 6.51. The van der Waals surface area contributed by atoms with Crippen molar-refractivity contribution in [2.24, 2.45) is 0 Å². The molecular weight excluding hydrogens is 446 g/mol. The van der Waals surface area contributed by atoms with E-state index in [-0.39, 0.29) is 12.0 Å². The highest BCUT2D eigenvalue weighted by atomic mass is 32.1. The molecule has 0 spiro atoms. The van der Waals surface area contributed by atoms with Gasteiger partial charge in [-0.2, -0.15) is 0 Å². The number of hydrogen-bond donors (Lipinski definition) is 2. The second kappa shape index (κ2) is 9.93. The molecule has 0 atom stereocenters. The molecule has 2 heterocycles. The van der Waals surface area contributed by atoms with Gasteiger partial charge in [-0.15, -0.1) is 0 Å². The van der Waals surface area contributed by atoms with Crippen LogP contribution in [-0.2, 0) is 6.54 Å². The Balaban J connectivity index is 1.42. The number of aromatic nitrogens is 1. The highest BCUT2D eigenvalue weighted by Gasteiger charge is 2.21. The molecule has 0 aliphatic carbocycles. The van der Waals surface area contributed by atoms with Crippen LogP contribution in [0.1, 0.15) is 28.8 Å². The summed E-state index contributed by atoms with van der Waals surface area (Å²) >= 11 is 1.45. The van der Waals surface area contributed by atoms with Crippen LogP contribution in [0.4, 0.5) is 5.13 Å². The lowest BCUT2D eigenvalue weighted by Crippen LogP contribution is -2.35. The quantitative estimate of drug-likeness (QED) is 0.404. The van der Waals surface area contributed by atoms with Crippen LogP contribution >= 0.6 is 11.3 Å². The maximum atomic E-state index is 13.3. The summed E-state index contributed by atoms with van der Waals surface area (Å²) in [7, 11) is 1.63. The maximum Gasteiger partial charge on any atom is 0.257 e. The molecule has 1 saturated heterocycles. The Labute approximate surface area is 202 Å². The first-order valence-corrected chi connectivity index (χ1v) is 12.3. The van der Waals surface area contributed by atoms with E-state index in [0.29, 0.717) is 23.0 Å². The molecule has 1 aliphatic heterocycles. The fraction of sp³-hybridized carbons (Fsp3) is 0.259. The zero-order valence-corrected chi connectivity index (χ0v) is 19.8. The van der Waals surface area contributed by atoms with E-state index in [1.165, 1.54) is 11.3 Å². The van der Waals surface area contributed by atoms with Crippen molar-refractivity contribution >= 4 is 32.6 Å². The fourth-order valence-electron chi connectivity index (χ4n) is 4.41. The minimum atomic E-state index is -0.216. The van der Waals surface area contributed by atoms with Gasteiger partial charge in [-0.3, -0.25) is 15.0 Å². The van der Waals surface area contributed by atoms with Crippen LogP contribution in [-0.4, -0.2) is 47.2 Å². The number of fused-ring (bicyclic) bond motifs is 1. The van der Waals surface area contributed by atoms with Crippen LogP contribution in [0.3, 0.4) is 0 Å². The summed E-state index contributed by atoms with van der Waals surface area (Å²) in [5.74, 6) is 0.506. The normalized spacial score (nSPS) is 14.9. The summed E-state index contributed by atoms with van der Waals surface area (Å²) in [6.07, 6.45) is 1.32. The van der Waals surface area contributed by atoms with Crippen LogP contribution in [0.15, 0.2) is 66.7 Å². The molecule has 0 bridgehead atoms. The summed E-state index contributed by atoms with van der Waals surface area (Å²) in [4.78, 5) is 20.3. The van der Waals surface area contributed by atoms with Gasteiger partial charge in [0.1, 0.15) is 11.3 Å². The van der Waals surface area contributed by atoms with Crippen LogP contribution < -0.4 is 10.1 Å². The molecule has 4 aromatic rings. The Morgan fingerprint density at radius 2 is 1.82 bits per heavy atom. The molecule has 2 N–H and O–H groups in total. The second-order valence-corrected chi connectivity index (χ2v) is 9.50. The number of piperidine rings is 1. The predicted molar refractivity (Wildman–Crippen MR) is 137 cm³/mol. The minimum absolute atomic E-state index is 0.174. The van der Waals surface area contributed by atoms with Crippen molar-refractivity contribution in [3.63, 3.8) is 0 Å². The molecule has 1 fully saturated rings. The van der Waals surface area contributed by atoms with Gasteiger partial charge in [-0.1, -0.05) is 59.9 Å². The third kappa shape index (κ3) is 4.68. The van der Waals surface area contributed by atoms with Crippen molar-refractivity contribution < 1.29 is 14.6 Å². The average Bonchev–Trinajstić information content (AvgIpc) is 3.29. The molecular formula is C27H27N3O3S. The van der Waals surface area contributed by atoms with Crippen molar-refractivity contribution in [3.05, 3.63) is 77.9 Å². The highest BCUT2D eigenvalue weighted by molar-refractivity contribution is 7.23. The molecule has 34 heavy (non-hydrogen) atoms. The average molecular weight is 474 g/mol. The second-order valence-electron chi connectivity index (χ2n) is 8.50. The first-order chi connectivity index (χ1) is 16.6. The van der Waals surface area contributed by atoms with Gasteiger partial charge in [0, 0.05) is 30.8 Å². The van der Waals surface area contributed by atoms with Gasteiger partial charge in [-0.25, -0.2) is 4.98 Å². The van der Waals surface area contributed by atoms with Crippen LogP contribution in [0.25, 0.3) is 21.3 Å². The van der Waals surface area contributed by atoms with E-state index in [1.54, 1.807) is 7.11 Å². The largest absolute Gasteiger partial charge is 0.494 e. The van der Waals surface area contributed by atoms with Crippen molar-refractivity contribution in [1.29, 1.82) is 0 Å². The molecule has 174 valence electrons. The summed E-state index contributed by atoms with van der Waals surface area (Å²) in [5.41, 5.74) is 4.50. The van der Waals surface area contributed by atoms with Crippen LogP contribution in [0, 0.1) is 0 Å². The van der Waals surface area contributed by atoms with Crippen molar-refractivity contribution in [2.75, 3.05) is 25.5 Å². The minimum Gasteiger partial charge on any atom is -0.494 e. The number of carbonyl (C=O) groups is 1. The van der Waals surface area contributed by atoms with E-state index in [1.807, 2.05) is 54.6 Å². The van der Waals surface area contributed by atoms with E-state index >= 15 is 0 Å². The summed E-state index contributed by atoms with van der Waals surface area (Å²) in [6, 6.07) is 21.8. The van der Waals surface area contributed by atoms with Gasteiger partial charge >= 0.3 is 0 Å². The number of ether oxygens (including phenoxy) is 1. The number of aliphatic hydroxyl groups is 1.